The lowest BCUT2D eigenvalue weighted by molar-refractivity contribution is -0.693. The van der Waals surface area contributed by atoms with E-state index < -0.39 is 0 Å². The van der Waals surface area contributed by atoms with Crippen LogP contribution in [0.5, 0.6) is 0 Å². The Hall–Kier alpha value is -4.16. The van der Waals surface area contributed by atoms with Gasteiger partial charge in [-0.15, -0.1) is 5.10 Å². The molecule has 5 rings (SSSR count). The van der Waals surface area contributed by atoms with Crippen LogP contribution in [0.1, 0.15) is 272 Å². The second kappa shape index (κ2) is 21.5. The maximum atomic E-state index is 5.31. The number of hydrogen-bond acceptors (Lipinski definition) is 9. The minimum absolute atomic E-state index is 0.0278. The first-order chi connectivity index (χ1) is 29.9. The van der Waals surface area contributed by atoms with E-state index in [1.54, 1.807) is 0 Å². The maximum Gasteiger partial charge on any atom is 0.282 e. The van der Waals surface area contributed by atoms with Crippen LogP contribution in [0.3, 0.4) is 0 Å². The lowest BCUT2D eigenvalue weighted by atomic mass is 9.88. The van der Waals surface area contributed by atoms with Crippen molar-refractivity contribution in [1.29, 1.82) is 0 Å². The number of aryl methyl sites for hydroxylation is 1. The molecule has 0 radical (unpaired) electrons. The average Bonchev–Trinajstić information content (AvgIpc) is 3.93. The van der Waals surface area contributed by atoms with Crippen LogP contribution in [0.2, 0.25) is 0 Å². The van der Waals surface area contributed by atoms with E-state index in [-0.39, 0.29) is 54.1 Å². The van der Waals surface area contributed by atoms with Gasteiger partial charge in [-0.25, -0.2) is 19.2 Å². The van der Waals surface area contributed by atoms with Gasteiger partial charge in [0.25, 0.3) is 5.82 Å². The van der Waals surface area contributed by atoms with Crippen molar-refractivity contribution in [2.75, 3.05) is 0 Å². The lowest BCUT2D eigenvalue weighted by Crippen LogP contribution is -2.44. The Morgan fingerprint density at radius 1 is 0.456 bits per heavy atom. The van der Waals surface area contributed by atoms with Gasteiger partial charge in [-0.1, -0.05) is 197 Å². The molecule has 13 nitrogen and oxygen atoms in total. The Balaban J connectivity index is 0.000000425. The van der Waals surface area contributed by atoms with Gasteiger partial charge in [0.15, 0.2) is 11.6 Å². The first-order valence-electron chi connectivity index (χ1n) is 24.7. The highest BCUT2D eigenvalue weighted by atomic mass is 16.5. The molecule has 0 spiro atoms. The molecule has 0 fully saturated rings. The summed E-state index contributed by atoms with van der Waals surface area (Å²) in [5.41, 5.74) is 2.69. The normalized spacial score (nSPS) is 13.4. The van der Waals surface area contributed by atoms with Crippen LogP contribution < -0.4 is 4.57 Å². The van der Waals surface area contributed by atoms with Gasteiger partial charge in [-0.2, -0.15) is 10.2 Å². The van der Waals surface area contributed by atoms with Crippen molar-refractivity contribution in [3.05, 3.63) is 70.0 Å². The third-order valence-electron chi connectivity index (χ3n) is 10.5. The number of hydrogen-bond donors (Lipinski definition) is 2. The molecule has 0 aromatic carbocycles. The number of aromatic amines is 2. The second-order valence-corrected chi connectivity index (χ2v) is 28.7. The van der Waals surface area contributed by atoms with Crippen molar-refractivity contribution >= 4 is 0 Å². The van der Waals surface area contributed by atoms with Gasteiger partial charge in [0.1, 0.15) is 23.2 Å². The summed E-state index contributed by atoms with van der Waals surface area (Å²) in [4.78, 5) is 9.16. The summed E-state index contributed by atoms with van der Waals surface area (Å²) in [6, 6.07) is 4.11. The zero-order valence-electron chi connectivity index (χ0n) is 49.7. The van der Waals surface area contributed by atoms with E-state index in [1.807, 2.05) is 4.68 Å². The highest BCUT2D eigenvalue weighted by Gasteiger charge is 2.34. The van der Waals surface area contributed by atoms with Gasteiger partial charge in [0, 0.05) is 67.1 Å². The Labute approximate surface area is 415 Å². The molecule has 0 saturated heterocycles. The monoisotopic (exact) mass is 949 g/mol. The average molecular weight is 949 g/mol. The fraction of sp³-hybridized carbons (Fsp3) is 0.782. The van der Waals surface area contributed by atoms with Gasteiger partial charge in [-0.05, 0) is 27.7 Å². The molecule has 13 heteroatoms. The van der Waals surface area contributed by atoms with Crippen LogP contribution in [-0.2, 0) is 67.7 Å². The Kier molecular flexibility index (Phi) is 19.5. The van der Waals surface area contributed by atoms with Gasteiger partial charge >= 0.3 is 0 Å². The predicted molar refractivity (Wildman–Crippen MR) is 282 cm³/mol. The van der Waals surface area contributed by atoms with E-state index in [1.165, 1.54) is 5.82 Å². The SMILES string of the molecule is CC(C)(C)c1cc(C(C)(C)C)on1.CC(C)(C)c1cc(C(C)(C)C)on1.CC(C)(C)c1n[nH]c(C(C)(C)C)n1.CCn1nc(C(C)(C)C)nc1C(C)(C)C.C[n+]1c(C(C)(C)C)n[nH]c1C(C)(C)C. The molecule has 5 heterocycles. The summed E-state index contributed by atoms with van der Waals surface area (Å²) >= 11 is 0. The zero-order valence-corrected chi connectivity index (χ0v) is 49.7. The lowest BCUT2D eigenvalue weighted by Gasteiger charge is -2.17. The molecule has 0 aliphatic rings. The molecule has 0 aliphatic carbocycles. The fourth-order valence-corrected chi connectivity index (χ4v) is 6.04. The predicted octanol–water partition coefficient (Wildman–Crippen LogP) is 13.7. The first-order valence-corrected chi connectivity index (χ1v) is 24.7. The number of aromatic nitrogens is 11. The molecule has 0 amide bonds. The zero-order chi connectivity index (χ0) is 53.8. The van der Waals surface area contributed by atoms with Gasteiger partial charge < -0.3 is 9.05 Å². The van der Waals surface area contributed by atoms with E-state index in [9.17, 15) is 0 Å². The van der Waals surface area contributed by atoms with Crippen molar-refractivity contribution in [2.24, 2.45) is 7.05 Å². The summed E-state index contributed by atoms with van der Waals surface area (Å²) in [5.74, 6) is 8.04. The summed E-state index contributed by atoms with van der Waals surface area (Å²) in [5, 5.41) is 27.5. The molecule has 0 saturated carbocycles. The largest absolute Gasteiger partial charge is 0.361 e. The topological polar surface area (TPSA) is 157 Å². The van der Waals surface area contributed by atoms with Gasteiger partial charge in [0.05, 0.1) is 29.3 Å². The van der Waals surface area contributed by atoms with Gasteiger partial charge in [-0.3, -0.25) is 5.10 Å². The summed E-state index contributed by atoms with van der Waals surface area (Å²) in [6.45, 7) is 67.3. The van der Waals surface area contributed by atoms with Gasteiger partial charge in [0.2, 0.25) is 5.82 Å². The van der Waals surface area contributed by atoms with Crippen LogP contribution >= 0.6 is 0 Å². The van der Waals surface area contributed by atoms with E-state index in [0.29, 0.717) is 0 Å². The van der Waals surface area contributed by atoms with Crippen molar-refractivity contribution in [1.82, 2.24) is 50.5 Å². The molecule has 0 bridgehead atoms. The molecule has 0 atom stereocenters. The van der Waals surface area contributed by atoms with Crippen LogP contribution in [0.25, 0.3) is 0 Å². The fourth-order valence-electron chi connectivity index (χ4n) is 6.04. The molecule has 388 valence electrons. The smallest absolute Gasteiger partial charge is 0.282 e. The molecule has 0 unspecified atom stereocenters. The highest BCUT2D eigenvalue weighted by Crippen LogP contribution is 2.30. The molecule has 0 aliphatic heterocycles. The molecule has 5 aromatic rings. The van der Waals surface area contributed by atoms with Crippen molar-refractivity contribution in [2.45, 2.75) is 275 Å². The maximum absolute atomic E-state index is 5.31. The number of nitrogens with zero attached hydrogens (tertiary/aromatic N) is 9. The standard InChI is InChI=1S/C12H23N3.C11H21N3.2C11H19NO.C10H19N3/c1-8-15-10(12(5,6)7)13-9(14-15)11(2,3)4;1-10(2,3)8-12-13-9(14(8)7)11(4,5)6;2*1-10(2,3)8-7-9(13-12-8)11(4,5)6;1-9(2,3)7-11-8(13-12-7)10(4,5)6/h8H2,1-7H3;1-7H3;2*7H,1-6H3;1-6H3,(H,11,12,13)/p+1. The summed E-state index contributed by atoms with van der Waals surface area (Å²) in [7, 11) is 2.07. The van der Waals surface area contributed by atoms with E-state index in [0.717, 1.165) is 58.6 Å². The van der Waals surface area contributed by atoms with E-state index >= 15 is 0 Å². The van der Waals surface area contributed by atoms with Crippen molar-refractivity contribution < 1.29 is 13.6 Å². The minimum atomic E-state index is 0.0278. The molecular weight excluding hydrogens is 847 g/mol. The summed E-state index contributed by atoms with van der Waals surface area (Å²) < 4.78 is 14.8. The Morgan fingerprint density at radius 3 is 1.06 bits per heavy atom. The second-order valence-electron chi connectivity index (χ2n) is 28.7. The number of nitrogens with one attached hydrogen (secondary N) is 2. The van der Waals surface area contributed by atoms with Crippen LogP contribution in [0.15, 0.2) is 21.2 Å². The Bertz CT molecular complexity index is 2010. The van der Waals surface area contributed by atoms with Crippen molar-refractivity contribution in [3.8, 4) is 0 Å². The van der Waals surface area contributed by atoms with E-state index in [4.69, 9.17) is 9.05 Å². The van der Waals surface area contributed by atoms with Crippen LogP contribution in [0.4, 0.5) is 0 Å². The van der Waals surface area contributed by atoms with Crippen LogP contribution in [-0.4, -0.2) is 50.5 Å². The van der Waals surface area contributed by atoms with Crippen molar-refractivity contribution in [3.63, 3.8) is 0 Å². The third kappa shape index (κ3) is 19.0. The first kappa shape index (κ1) is 61.9. The molecule has 5 aromatic heterocycles. The summed E-state index contributed by atoms with van der Waals surface area (Å²) in [6.07, 6.45) is 0. The molecule has 2 N–H and O–H groups in total. The quantitative estimate of drug-likeness (QED) is 0.156. The van der Waals surface area contributed by atoms with E-state index in [2.05, 4.69) is 284 Å². The number of H-pyrrole nitrogens is 2. The number of rotatable bonds is 1. The molecule has 68 heavy (non-hydrogen) atoms. The molecular formula is C55H102N11O2+. The Morgan fingerprint density at radius 2 is 0.868 bits per heavy atom. The van der Waals surface area contributed by atoms with Crippen LogP contribution in [0, 0.1) is 0 Å². The minimum Gasteiger partial charge on any atom is -0.361 e. The highest BCUT2D eigenvalue weighted by molar-refractivity contribution is 5.19. The third-order valence-corrected chi connectivity index (χ3v) is 10.5.